The third-order valence-electron chi connectivity index (χ3n) is 2.91. The van der Waals surface area contributed by atoms with Crippen LogP contribution in [0.4, 0.5) is 5.82 Å². The summed E-state index contributed by atoms with van der Waals surface area (Å²) in [7, 11) is 0. The molecule has 0 aliphatic carbocycles. The van der Waals surface area contributed by atoms with Gasteiger partial charge in [-0.15, -0.1) is 0 Å². The number of amides is 1. The van der Waals surface area contributed by atoms with E-state index >= 15 is 0 Å². The number of nitrogens with two attached hydrogens (primary N) is 1. The molecule has 1 aromatic heterocycles. The van der Waals surface area contributed by atoms with Gasteiger partial charge in [0.1, 0.15) is 5.69 Å². The zero-order chi connectivity index (χ0) is 12.8. The number of hydrogen-bond donors (Lipinski definition) is 3. The van der Waals surface area contributed by atoms with Crippen molar-refractivity contribution in [2.24, 2.45) is 11.8 Å². The van der Waals surface area contributed by atoms with Crippen LogP contribution < -0.4 is 16.6 Å². The Kier molecular flexibility index (Phi) is 4.77. The monoisotopic (exact) mass is 267 g/mol. The van der Waals surface area contributed by atoms with Crippen LogP contribution in [0.1, 0.15) is 23.3 Å². The Hall–Kier alpha value is -1.34. The number of carbonyl (C=O) groups is 1. The van der Waals surface area contributed by atoms with Crippen molar-refractivity contribution >= 4 is 23.5 Å². The van der Waals surface area contributed by atoms with E-state index < -0.39 is 0 Å². The predicted molar refractivity (Wildman–Crippen MR) is 72.2 cm³/mol. The highest BCUT2D eigenvalue weighted by molar-refractivity contribution is 7.99. The molecule has 18 heavy (non-hydrogen) atoms. The molecule has 0 atom stereocenters. The van der Waals surface area contributed by atoms with Gasteiger partial charge in [0.25, 0.3) is 5.91 Å². The van der Waals surface area contributed by atoms with Gasteiger partial charge < -0.3 is 10.7 Å². The van der Waals surface area contributed by atoms with Crippen LogP contribution in [0.25, 0.3) is 0 Å². The zero-order valence-electron chi connectivity index (χ0n) is 10.1. The highest BCUT2D eigenvalue weighted by atomic mass is 32.2. The highest BCUT2D eigenvalue weighted by Crippen LogP contribution is 2.21. The number of aromatic nitrogens is 2. The van der Waals surface area contributed by atoms with Gasteiger partial charge in [0.2, 0.25) is 0 Å². The molecule has 1 amide bonds. The Morgan fingerprint density at radius 2 is 2.22 bits per heavy atom. The molecule has 2 rings (SSSR count). The first-order valence-corrected chi connectivity index (χ1v) is 7.09. The maximum absolute atomic E-state index is 11.9. The van der Waals surface area contributed by atoms with Gasteiger partial charge in [-0.2, -0.15) is 11.8 Å². The van der Waals surface area contributed by atoms with Crippen molar-refractivity contribution in [1.29, 1.82) is 0 Å². The number of rotatable bonds is 4. The van der Waals surface area contributed by atoms with Crippen LogP contribution in [0.3, 0.4) is 0 Å². The van der Waals surface area contributed by atoms with Gasteiger partial charge in [0.15, 0.2) is 5.82 Å². The maximum Gasteiger partial charge on any atom is 0.271 e. The molecule has 1 saturated heterocycles. The lowest BCUT2D eigenvalue weighted by molar-refractivity contribution is 0.0941. The summed E-state index contributed by atoms with van der Waals surface area (Å²) in [6.07, 6.45) is 5.24. The van der Waals surface area contributed by atoms with Crippen molar-refractivity contribution in [2.75, 3.05) is 23.5 Å². The van der Waals surface area contributed by atoms with Crippen LogP contribution in [0, 0.1) is 5.92 Å². The number of anilines is 1. The van der Waals surface area contributed by atoms with Gasteiger partial charge in [-0.25, -0.2) is 10.8 Å². The normalized spacial score (nSPS) is 16.3. The average Bonchev–Trinajstić information content (AvgIpc) is 2.46. The van der Waals surface area contributed by atoms with Gasteiger partial charge in [0, 0.05) is 6.54 Å². The molecular formula is C11H17N5OS. The molecule has 1 aliphatic rings. The molecule has 6 nitrogen and oxygen atoms in total. The quantitative estimate of drug-likeness (QED) is 0.547. The Morgan fingerprint density at radius 1 is 1.44 bits per heavy atom. The third kappa shape index (κ3) is 3.58. The van der Waals surface area contributed by atoms with Crippen molar-refractivity contribution in [3.8, 4) is 0 Å². The van der Waals surface area contributed by atoms with Gasteiger partial charge in [-0.05, 0) is 30.3 Å². The van der Waals surface area contributed by atoms with E-state index in [-0.39, 0.29) is 11.6 Å². The summed E-state index contributed by atoms with van der Waals surface area (Å²) in [4.78, 5) is 19.8. The largest absolute Gasteiger partial charge is 0.350 e. The first-order chi connectivity index (χ1) is 8.79. The summed E-state index contributed by atoms with van der Waals surface area (Å²) >= 11 is 1.98. The molecule has 7 heteroatoms. The second kappa shape index (κ2) is 6.55. The highest BCUT2D eigenvalue weighted by Gasteiger charge is 2.15. The van der Waals surface area contributed by atoms with Crippen molar-refractivity contribution in [3.05, 3.63) is 18.1 Å². The van der Waals surface area contributed by atoms with Crippen LogP contribution in [0.2, 0.25) is 0 Å². The standard InChI is InChI=1S/C11H17N5OS/c12-16-10-7-13-6-9(15-10)11(17)14-5-8-1-3-18-4-2-8/h6-8H,1-5,12H2,(H,14,17)(H,15,16). The SMILES string of the molecule is NNc1cncc(C(=O)NCC2CCSCC2)n1. The molecule has 2 heterocycles. The van der Waals surface area contributed by atoms with E-state index in [1.807, 2.05) is 11.8 Å². The second-order valence-electron chi connectivity index (χ2n) is 4.20. The fraction of sp³-hybridized carbons (Fsp3) is 0.545. The van der Waals surface area contributed by atoms with Crippen molar-refractivity contribution in [1.82, 2.24) is 15.3 Å². The summed E-state index contributed by atoms with van der Waals surface area (Å²) in [6, 6.07) is 0. The molecular weight excluding hydrogens is 250 g/mol. The Balaban J connectivity index is 1.86. The first kappa shape index (κ1) is 13.1. The van der Waals surface area contributed by atoms with E-state index in [9.17, 15) is 4.79 Å². The average molecular weight is 267 g/mol. The molecule has 1 fully saturated rings. The van der Waals surface area contributed by atoms with Crippen LogP contribution in [0.5, 0.6) is 0 Å². The summed E-state index contributed by atoms with van der Waals surface area (Å²) in [5.41, 5.74) is 2.66. The first-order valence-electron chi connectivity index (χ1n) is 5.94. The van der Waals surface area contributed by atoms with E-state index in [1.165, 1.54) is 36.7 Å². The summed E-state index contributed by atoms with van der Waals surface area (Å²) in [5, 5.41) is 2.90. The predicted octanol–water partition coefficient (Wildman–Crippen LogP) is 0.635. The van der Waals surface area contributed by atoms with Gasteiger partial charge in [-0.1, -0.05) is 0 Å². The fourth-order valence-electron chi connectivity index (χ4n) is 1.82. The third-order valence-corrected chi connectivity index (χ3v) is 3.96. The number of hydrazine groups is 1. The molecule has 0 radical (unpaired) electrons. The van der Waals surface area contributed by atoms with Crippen molar-refractivity contribution in [3.63, 3.8) is 0 Å². The minimum Gasteiger partial charge on any atom is -0.350 e. The van der Waals surface area contributed by atoms with Crippen LogP contribution in [-0.4, -0.2) is 33.9 Å². The van der Waals surface area contributed by atoms with E-state index in [1.54, 1.807) is 0 Å². The summed E-state index contributed by atoms with van der Waals surface area (Å²) in [5.74, 6) is 8.37. The molecule has 0 unspecified atom stereocenters. The number of hydrogen-bond acceptors (Lipinski definition) is 6. The van der Waals surface area contributed by atoms with E-state index in [2.05, 4.69) is 20.7 Å². The van der Waals surface area contributed by atoms with Crippen molar-refractivity contribution in [2.45, 2.75) is 12.8 Å². The Labute approximate surface area is 110 Å². The summed E-state index contributed by atoms with van der Waals surface area (Å²) in [6.45, 7) is 0.710. The molecule has 1 aromatic rings. The minimum atomic E-state index is -0.196. The number of thioether (sulfide) groups is 1. The lowest BCUT2D eigenvalue weighted by atomic mass is 10.0. The second-order valence-corrected chi connectivity index (χ2v) is 5.42. The van der Waals surface area contributed by atoms with Crippen LogP contribution >= 0.6 is 11.8 Å². The summed E-state index contributed by atoms with van der Waals surface area (Å²) < 4.78 is 0. The lowest BCUT2D eigenvalue weighted by Gasteiger charge is -2.21. The molecule has 0 aromatic carbocycles. The van der Waals surface area contributed by atoms with E-state index in [0.717, 1.165) is 0 Å². The molecule has 0 bridgehead atoms. The Morgan fingerprint density at radius 3 is 2.94 bits per heavy atom. The number of carbonyl (C=O) groups excluding carboxylic acids is 1. The van der Waals surface area contributed by atoms with E-state index in [0.29, 0.717) is 18.3 Å². The topological polar surface area (TPSA) is 92.9 Å². The van der Waals surface area contributed by atoms with Crippen LogP contribution in [0.15, 0.2) is 12.4 Å². The molecule has 0 saturated carbocycles. The maximum atomic E-state index is 11.9. The fourth-order valence-corrected chi connectivity index (χ4v) is 3.03. The molecule has 4 N–H and O–H groups in total. The van der Waals surface area contributed by atoms with Crippen LogP contribution in [-0.2, 0) is 0 Å². The lowest BCUT2D eigenvalue weighted by Crippen LogP contribution is -2.31. The van der Waals surface area contributed by atoms with Gasteiger partial charge in [0.05, 0.1) is 12.4 Å². The number of nitrogens with zero attached hydrogens (tertiary/aromatic N) is 2. The van der Waals surface area contributed by atoms with Gasteiger partial charge in [-0.3, -0.25) is 9.78 Å². The zero-order valence-corrected chi connectivity index (χ0v) is 10.9. The van der Waals surface area contributed by atoms with E-state index in [4.69, 9.17) is 5.84 Å². The number of nitrogen functional groups attached to an aromatic ring is 1. The smallest absolute Gasteiger partial charge is 0.271 e. The molecule has 1 aliphatic heterocycles. The number of nitrogens with one attached hydrogen (secondary N) is 2. The van der Waals surface area contributed by atoms with Crippen molar-refractivity contribution < 1.29 is 4.79 Å². The van der Waals surface area contributed by atoms with Gasteiger partial charge >= 0.3 is 0 Å². The molecule has 0 spiro atoms. The Bertz CT molecular complexity index is 408. The molecule has 98 valence electrons. The minimum absolute atomic E-state index is 0.196.